The van der Waals surface area contributed by atoms with Gasteiger partial charge in [0.1, 0.15) is 16.5 Å². The first-order valence-corrected chi connectivity index (χ1v) is 9.44. The number of hydrogen-bond donors (Lipinski definition) is 1. The molecule has 3 rings (SSSR count). The van der Waals surface area contributed by atoms with Gasteiger partial charge in [0, 0.05) is 17.1 Å². The van der Waals surface area contributed by atoms with Gasteiger partial charge in [0.2, 0.25) is 5.91 Å². The number of rotatable bonds is 4. The zero-order valence-corrected chi connectivity index (χ0v) is 14.9. The van der Waals surface area contributed by atoms with E-state index < -0.39 is 20.8 Å². The second-order valence-corrected chi connectivity index (χ2v) is 7.55. The van der Waals surface area contributed by atoms with Gasteiger partial charge in [-0.05, 0) is 54.3 Å². The van der Waals surface area contributed by atoms with E-state index in [1.807, 2.05) is 6.92 Å². The van der Waals surface area contributed by atoms with E-state index >= 15 is 0 Å². The van der Waals surface area contributed by atoms with Gasteiger partial charge in [-0.15, -0.1) is 0 Å². The highest BCUT2D eigenvalue weighted by Crippen LogP contribution is 2.30. The Morgan fingerprint density at radius 3 is 2.72 bits per heavy atom. The highest BCUT2D eigenvalue weighted by molar-refractivity contribution is 7.87. The molecule has 0 unspecified atom stereocenters. The van der Waals surface area contributed by atoms with Crippen molar-refractivity contribution < 1.29 is 21.8 Å². The second kappa shape index (κ2) is 6.65. The molecule has 0 atom stereocenters. The normalized spacial score (nSPS) is 14.0. The number of halogens is 2. The smallest absolute Gasteiger partial charge is 0.342 e. The zero-order valence-electron chi connectivity index (χ0n) is 13.3. The number of fused-ring (bicyclic) bond motifs is 1. The number of hydrogen-bond acceptors (Lipinski definition) is 4. The number of anilines is 1. The summed E-state index contributed by atoms with van der Waals surface area (Å²) < 4.78 is 44.3. The average molecular weight is 384 g/mol. The molecular weight excluding hydrogens is 369 g/mol. The largest absolute Gasteiger partial charge is 0.379 e. The van der Waals surface area contributed by atoms with Gasteiger partial charge in [-0.3, -0.25) is 4.79 Å². The minimum atomic E-state index is -4.36. The quantitative estimate of drug-likeness (QED) is 0.817. The van der Waals surface area contributed by atoms with E-state index in [9.17, 15) is 17.6 Å². The molecule has 0 aliphatic carbocycles. The lowest BCUT2D eigenvalue weighted by molar-refractivity contribution is -0.116. The van der Waals surface area contributed by atoms with Crippen molar-refractivity contribution in [3.05, 3.63) is 52.3 Å². The van der Waals surface area contributed by atoms with Crippen LogP contribution in [-0.4, -0.2) is 14.3 Å². The Bertz CT molecular complexity index is 959. The van der Waals surface area contributed by atoms with Crippen LogP contribution in [0.5, 0.6) is 5.75 Å². The molecule has 1 amide bonds. The van der Waals surface area contributed by atoms with Crippen molar-refractivity contribution in [2.75, 3.05) is 5.32 Å². The maximum absolute atomic E-state index is 14.3. The van der Waals surface area contributed by atoms with Crippen LogP contribution in [0.25, 0.3) is 0 Å². The van der Waals surface area contributed by atoms with Crippen LogP contribution in [-0.2, 0) is 27.8 Å². The molecule has 25 heavy (non-hydrogen) atoms. The Morgan fingerprint density at radius 1 is 1.24 bits per heavy atom. The second-order valence-electron chi connectivity index (χ2n) is 5.63. The third kappa shape index (κ3) is 3.62. The molecule has 5 nitrogen and oxygen atoms in total. The Hall–Kier alpha value is -2.12. The minimum Gasteiger partial charge on any atom is -0.379 e. The first-order valence-electron chi connectivity index (χ1n) is 7.65. The van der Waals surface area contributed by atoms with Crippen molar-refractivity contribution in [3.63, 3.8) is 0 Å². The van der Waals surface area contributed by atoms with Crippen LogP contribution in [0, 0.1) is 5.82 Å². The van der Waals surface area contributed by atoms with Crippen LogP contribution in [0.15, 0.2) is 35.2 Å². The number of benzene rings is 2. The van der Waals surface area contributed by atoms with Crippen LogP contribution in [0.4, 0.5) is 10.1 Å². The lowest BCUT2D eigenvalue weighted by Gasteiger charge is -2.18. The van der Waals surface area contributed by atoms with E-state index in [2.05, 4.69) is 5.32 Å². The van der Waals surface area contributed by atoms with Gasteiger partial charge in [-0.1, -0.05) is 18.5 Å². The molecule has 0 saturated carbocycles. The topological polar surface area (TPSA) is 72.5 Å². The summed E-state index contributed by atoms with van der Waals surface area (Å²) in [5.41, 5.74) is 1.56. The Balaban J connectivity index is 1.96. The van der Waals surface area contributed by atoms with Crippen molar-refractivity contribution in [2.45, 2.75) is 31.1 Å². The van der Waals surface area contributed by atoms with Gasteiger partial charge < -0.3 is 9.50 Å². The summed E-state index contributed by atoms with van der Waals surface area (Å²) in [6.07, 6.45) is 1.16. The molecule has 0 spiro atoms. The third-order valence-electron chi connectivity index (χ3n) is 3.93. The molecule has 1 aliphatic heterocycles. The summed E-state index contributed by atoms with van der Waals surface area (Å²) in [4.78, 5) is 10.8. The highest BCUT2D eigenvalue weighted by Gasteiger charge is 2.26. The van der Waals surface area contributed by atoms with Crippen molar-refractivity contribution >= 4 is 33.3 Å². The summed E-state index contributed by atoms with van der Waals surface area (Å²) in [6, 6.07) is 6.66. The van der Waals surface area contributed by atoms with E-state index in [0.717, 1.165) is 11.6 Å². The number of amides is 1. The highest BCUT2D eigenvalue weighted by atomic mass is 35.5. The maximum atomic E-state index is 14.3. The van der Waals surface area contributed by atoms with Gasteiger partial charge in [-0.2, -0.15) is 8.42 Å². The van der Waals surface area contributed by atoms with Gasteiger partial charge in [0.05, 0.1) is 0 Å². The van der Waals surface area contributed by atoms with Gasteiger partial charge in [-0.25, -0.2) is 4.39 Å². The van der Waals surface area contributed by atoms with Crippen LogP contribution >= 0.6 is 11.6 Å². The molecule has 1 N–H and O–H groups in total. The molecule has 0 fully saturated rings. The standard InChI is InChI=1S/C17H15ClFNO4S/c1-2-10-7-12(4-5-13(10)18)24-25(22,23)16-8-11-3-6-17(21)20-15(11)9-14(16)19/h4-5,7-9H,2-3,6H2,1H3,(H,20,21). The van der Waals surface area contributed by atoms with Crippen molar-refractivity contribution in [2.24, 2.45) is 0 Å². The van der Waals surface area contributed by atoms with Gasteiger partial charge >= 0.3 is 10.1 Å². The van der Waals surface area contributed by atoms with Crippen molar-refractivity contribution in [3.8, 4) is 5.75 Å². The first kappa shape index (κ1) is 17.7. The molecule has 132 valence electrons. The molecule has 2 aromatic carbocycles. The lowest BCUT2D eigenvalue weighted by Crippen LogP contribution is -2.20. The predicted octanol–water partition coefficient (Wildman–Crippen LogP) is 3.69. The summed E-state index contributed by atoms with van der Waals surface area (Å²) in [6.45, 7) is 1.87. The predicted molar refractivity (Wildman–Crippen MR) is 92.0 cm³/mol. The molecule has 2 aromatic rings. The summed E-state index contributed by atoms with van der Waals surface area (Å²) in [5.74, 6) is -1.15. The summed E-state index contributed by atoms with van der Waals surface area (Å²) >= 11 is 6.00. The summed E-state index contributed by atoms with van der Waals surface area (Å²) in [7, 11) is -4.36. The molecule has 0 saturated heterocycles. The van der Waals surface area contributed by atoms with Gasteiger partial charge in [0.25, 0.3) is 0 Å². The molecule has 1 heterocycles. The third-order valence-corrected chi connectivity index (χ3v) is 5.56. The van der Waals surface area contributed by atoms with E-state index in [1.165, 1.54) is 24.3 Å². The van der Waals surface area contributed by atoms with E-state index in [1.54, 1.807) is 0 Å². The monoisotopic (exact) mass is 383 g/mol. The van der Waals surface area contributed by atoms with Crippen LogP contribution in [0.2, 0.25) is 5.02 Å². The summed E-state index contributed by atoms with van der Waals surface area (Å²) in [5, 5.41) is 3.02. The van der Waals surface area contributed by atoms with E-state index in [0.29, 0.717) is 23.4 Å². The number of aryl methyl sites for hydroxylation is 2. The van der Waals surface area contributed by atoms with Crippen LogP contribution in [0.3, 0.4) is 0 Å². The van der Waals surface area contributed by atoms with Crippen LogP contribution < -0.4 is 9.50 Å². The molecule has 0 radical (unpaired) electrons. The maximum Gasteiger partial charge on any atom is 0.342 e. The number of nitrogens with one attached hydrogen (secondary N) is 1. The van der Waals surface area contributed by atoms with E-state index in [-0.39, 0.29) is 23.8 Å². The van der Waals surface area contributed by atoms with Crippen molar-refractivity contribution in [1.29, 1.82) is 0 Å². The Labute approximate surface area is 149 Å². The van der Waals surface area contributed by atoms with Crippen LogP contribution in [0.1, 0.15) is 24.5 Å². The number of carbonyl (C=O) groups excluding carboxylic acids is 1. The molecule has 8 heteroatoms. The molecule has 1 aliphatic rings. The Morgan fingerprint density at radius 2 is 2.00 bits per heavy atom. The lowest BCUT2D eigenvalue weighted by atomic mass is 10.0. The average Bonchev–Trinajstić information content (AvgIpc) is 2.55. The minimum absolute atomic E-state index is 0.0617. The Kier molecular flexibility index (Phi) is 4.71. The van der Waals surface area contributed by atoms with Gasteiger partial charge in [0.15, 0.2) is 0 Å². The molecule has 0 aromatic heterocycles. The SMILES string of the molecule is CCc1cc(OS(=O)(=O)c2cc3c(cc2F)NC(=O)CC3)ccc1Cl. The fourth-order valence-corrected chi connectivity index (χ4v) is 3.90. The fraction of sp³-hybridized carbons (Fsp3) is 0.235. The fourth-order valence-electron chi connectivity index (χ4n) is 2.62. The molecule has 0 bridgehead atoms. The zero-order chi connectivity index (χ0) is 18.2. The van der Waals surface area contributed by atoms with Crippen molar-refractivity contribution in [1.82, 2.24) is 0 Å². The van der Waals surface area contributed by atoms with E-state index in [4.69, 9.17) is 15.8 Å². The first-order chi connectivity index (χ1) is 11.8. The molecular formula is C17H15ClFNO4S. The number of carbonyl (C=O) groups is 1.